The predicted molar refractivity (Wildman–Crippen MR) is 72.0 cm³/mol. The maximum atomic E-state index is 14.0. The number of hydrogen-bond acceptors (Lipinski definition) is 2. The van der Waals surface area contributed by atoms with Gasteiger partial charge in [-0.15, -0.1) is 0 Å². The van der Waals surface area contributed by atoms with Gasteiger partial charge in [-0.25, -0.2) is 0 Å². The molecule has 0 spiro atoms. The van der Waals surface area contributed by atoms with Crippen LogP contribution in [0.2, 0.25) is 0 Å². The molecule has 0 saturated heterocycles. The highest BCUT2D eigenvalue weighted by Crippen LogP contribution is 2.59. The molecule has 0 aliphatic carbocycles. The summed E-state index contributed by atoms with van der Waals surface area (Å²) in [5, 5.41) is -0.435. The number of aryl methyl sites for hydroxylation is 1. The second kappa shape index (κ2) is 6.08. The molecule has 1 aromatic heterocycles. The average Bonchev–Trinajstić information content (AvgIpc) is 2.53. The monoisotopic (exact) mass is 428 g/mol. The standard InChI is InChI=1S/C15H7F11O2/c1-6-2-3-9-7(4-6)8(27)5-10(28-9)11(16,17)12(18,19)13(20,21)14(22,23)15(24,25)26/h2-5H,1H3. The van der Waals surface area contributed by atoms with Gasteiger partial charge >= 0.3 is 29.9 Å². The zero-order valence-electron chi connectivity index (χ0n) is 13.3. The molecule has 0 atom stereocenters. The topological polar surface area (TPSA) is 30.2 Å². The molecule has 2 rings (SSSR count). The SMILES string of the molecule is Cc1ccc2oc(C(F)(F)C(F)(F)C(F)(F)C(F)(F)C(F)(F)F)cc(=O)c2c1. The van der Waals surface area contributed by atoms with Crippen molar-refractivity contribution in [1.82, 2.24) is 0 Å². The second-order valence-corrected chi connectivity index (χ2v) is 5.77. The van der Waals surface area contributed by atoms with Crippen molar-refractivity contribution >= 4 is 11.0 Å². The van der Waals surface area contributed by atoms with Crippen LogP contribution in [0.5, 0.6) is 0 Å². The van der Waals surface area contributed by atoms with Crippen LogP contribution >= 0.6 is 0 Å². The summed E-state index contributed by atoms with van der Waals surface area (Å²) in [6, 6.07) is 2.66. The Hall–Kier alpha value is -2.34. The van der Waals surface area contributed by atoms with Gasteiger partial charge in [-0.1, -0.05) is 11.6 Å². The van der Waals surface area contributed by atoms with Gasteiger partial charge in [0.1, 0.15) is 5.58 Å². The van der Waals surface area contributed by atoms with Crippen molar-refractivity contribution in [3.63, 3.8) is 0 Å². The maximum Gasteiger partial charge on any atom is 0.460 e. The first kappa shape index (κ1) is 22.0. The molecule has 1 aromatic carbocycles. The molecule has 2 nitrogen and oxygen atoms in total. The van der Waals surface area contributed by atoms with E-state index >= 15 is 0 Å². The molecule has 0 N–H and O–H groups in total. The number of hydrogen-bond donors (Lipinski definition) is 0. The number of fused-ring (bicyclic) bond motifs is 1. The predicted octanol–water partition coefficient (Wildman–Crippen LogP) is 5.66. The molecule has 0 unspecified atom stereocenters. The van der Waals surface area contributed by atoms with E-state index in [4.69, 9.17) is 0 Å². The Labute approximate surface area is 147 Å². The first-order chi connectivity index (χ1) is 12.4. The summed E-state index contributed by atoms with van der Waals surface area (Å²) in [4.78, 5) is 11.8. The molecular formula is C15H7F11O2. The first-order valence-electron chi connectivity index (χ1n) is 7.01. The molecular weight excluding hydrogens is 421 g/mol. The van der Waals surface area contributed by atoms with Crippen LogP contribution in [0.3, 0.4) is 0 Å². The fraction of sp³-hybridized carbons (Fsp3) is 0.400. The van der Waals surface area contributed by atoms with E-state index in [-0.39, 0.29) is 6.07 Å². The Balaban J connectivity index is 2.69. The molecule has 28 heavy (non-hydrogen) atoms. The molecule has 0 amide bonds. The lowest BCUT2D eigenvalue weighted by Crippen LogP contribution is -2.65. The highest BCUT2D eigenvalue weighted by atomic mass is 19.4. The van der Waals surface area contributed by atoms with Gasteiger partial charge in [0.05, 0.1) is 5.39 Å². The van der Waals surface area contributed by atoms with Gasteiger partial charge in [-0.2, -0.15) is 48.3 Å². The Kier molecular flexibility index (Phi) is 4.77. The van der Waals surface area contributed by atoms with Gasteiger partial charge in [0, 0.05) is 6.07 Å². The van der Waals surface area contributed by atoms with Crippen molar-refractivity contribution < 1.29 is 52.7 Å². The van der Waals surface area contributed by atoms with Crippen LogP contribution in [0.4, 0.5) is 48.3 Å². The minimum atomic E-state index is -7.58. The van der Waals surface area contributed by atoms with E-state index in [9.17, 15) is 53.1 Å². The van der Waals surface area contributed by atoms with Crippen LogP contribution in [0.1, 0.15) is 11.3 Å². The van der Waals surface area contributed by atoms with Crippen molar-refractivity contribution in [2.45, 2.75) is 36.8 Å². The van der Waals surface area contributed by atoms with Crippen molar-refractivity contribution in [1.29, 1.82) is 0 Å². The molecule has 0 fully saturated rings. The normalized spacial score (nSPS) is 14.6. The van der Waals surface area contributed by atoms with Gasteiger partial charge < -0.3 is 4.42 Å². The largest absolute Gasteiger partial charge is 0.460 e. The van der Waals surface area contributed by atoms with E-state index in [1.807, 2.05) is 0 Å². The fourth-order valence-corrected chi connectivity index (χ4v) is 2.15. The molecule has 0 aliphatic heterocycles. The number of halogens is 11. The number of rotatable bonds is 4. The third-order valence-corrected chi connectivity index (χ3v) is 3.73. The molecule has 0 radical (unpaired) electrons. The summed E-state index contributed by atoms with van der Waals surface area (Å²) in [6.45, 7) is 1.44. The fourth-order valence-electron chi connectivity index (χ4n) is 2.15. The van der Waals surface area contributed by atoms with E-state index in [0.717, 1.165) is 18.2 Å². The lowest BCUT2D eigenvalue weighted by atomic mass is 9.96. The Bertz CT molecular complexity index is 957. The lowest BCUT2D eigenvalue weighted by Gasteiger charge is -2.36. The van der Waals surface area contributed by atoms with Crippen LogP contribution in [0.15, 0.2) is 33.5 Å². The van der Waals surface area contributed by atoms with Gasteiger partial charge in [-0.05, 0) is 19.1 Å². The van der Waals surface area contributed by atoms with E-state index < -0.39 is 52.0 Å². The van der Waals surface area contributed by atoms with Gasteiger partial charge in [0.2, 0.25) is 0 Å². The zero-order valence-corrected chi connectivity index (χ0v) is 13.3. The van der Waals surface area contributed by atoms with Crippen LogP contribution in [-0.2, 0) is 5.92 Å². The van der Waals surface area contributed by atoms with Crippen LogP contribution < -0.4 is 5.43 Å². The first-order valence-corrected chi connectivity index (χ1v) is 7.01. The van der Waals surface area contributed by atoms with E-state index in [2.05, 4.69) is 4.42 Å². The summed E-state index contributed by atoms with van der Waals surface area (Å²) >= 11 is 0. The van der Waals surface area contributed by atoms with Crippen LogP contribution in [-0.4, -0.2) is 23.9 Å². The zero-order chi connectivity index (χ0) is 21.9. The van der Waals surface area contributed by atoms with Crippen molar-refractivity contribution in [3.05, 3.63) is 45.8 Å². The lowest BCUT2D eigenvalue weighted by molar-refractivity contribution is -0.426. The second-order valence-electron chi connectivity index (χ2n) is 5.77. The van der Waals surface area contributed by atoms with Crippen molar-refractivity contribution in [2.75, 3.05) is 0 Å². The molecule has 13 heteroatoms. The summed E-state index contributed by atoms with van der Waals surface area (Å²) in [7, 11) is 0. The summed E-state index contributed by atoms with van der Waals surface area (Å²) in [5.41, 5.74) is -1.84. The Morgan fingerprint density at radius 1 is 0.750 bits per heavy atom. The Morgan fingerprint density at radius 2 is 1.29 bits per heavy atom. The molecule has 0 aliphatic rings. The smallest absolute Gasteiger partial charge is 0.454 e. The molecule has 156 valence electrons. The Morgan fingerprint density at radius 3 is 1.79 bits per heavy atom. The summed E-state index contributed by atoms with van der Waals surface area (Å²) in [5.74, 6) is -31.3. The van der Waals surface area contributed by atoms with Gasteiger partial charge in [-0.3, -0.25) is 4.79 Å². The van der Waals surface area contributed by atoms with E-state index in [0.29, 0.717) is 5.56 Å². The van der Waals surface area contributed by atoms with Gasteiger partial charge in [0.15, 0.2) is 11.2 Å². The third-order valence-electron chi connectivity index (χ3n) is 3.73. The number of benzene rings is 1. The minimum Gasteiger partial charge on any atom is -0.454 e. The van der Waals surface area contributed by atoms with E-state index in [1.165, 1.54) is 6.92 Å². The molecule has 2 aromatic rings. The van der Waals surface area contributed by atoms with Crippen molar-refractivity contribution in [2.24, 2.45) is 0 Å². The molecule has 0 bridgehead atoms. The van der Waals surface area contributed by atoms with Crippen LogP contribution in [0, 0.1) is 6.92 Å². The average molecular weight is 428 g/mol. The minimum absolute atomic E-state index is 0.377. The third kappa shape index (κ3) is 2.91. The van der Waals surface area contributed by atoms with Crippen molar-refractivity contribution in [3.8, 4) is 0 Å². The highest BCUT2D eigenvalue weighted by Gasteiger charge is 2.87. The maximum absolute atomic E-state index is 14.0. The highest BCUT2D eigenvalue weighted by molar-refractivity contribution is 5.77. The summed E-state index contributed by atoms with van der Waals surface area (Å²) in [6.07, 6.45) is -7.27. The van der Waals surface area contributed by atoms with E-state index in [1.54, 1.807) is 0 Å². The quantitative estimate of drug-likeness (QED) is 0.589. The number of alkyl halides is 11. The summed E-state index contributed by atoms with van der Waals surface area (Å²) < 4.78 is 148. The molecule has 1 heterocycles. The van der Waals surface area contributed by atoms with Gasteiger partial charge in [0.25, 0.3) is 0 Å². The van der Waals surface area contributed by atoms with Crippen LogP contribution in [0.25, 0.3) is 11.0 Å². The molecule has 0 saturated carbocycles.